The van der Waals surface area contributed by atoms with Crippen LogP contribution in [0.5, 0.6) is 0 Å². The standard InChI is InChI=1S/C24H23N3O2S/c1-4-26(18-9-6-5-7-10-18)22-21(20-11-8-16-30-20)23(28)27(24(22)29)19-14-12-17(13-15-19)25(2)3/h5-16H,4H2,1-3H3. The van der Waals surface area contributed by atoms with Crippen LogP contribution < -0.4 is 14.7 Å². The average Bonchev–Trinajstić information content (AvgIpc) is 3.36. The molecule has 0 spiro atoms. The third-order valence-corrected chi connectivity index (χ3v) is 5.99. The molecule has 1 aliphatic heterocycles. The molecule has 0 unspecified atom stereocenters. The Balaban J connectivity index is 1.83. The van der Waals surface area contributed by atoms with E-state index in [4.69, 9.17) is 0 Å². The fourth-order valence-corrected chi connectivity index (χ4v) is 4.39. The normalized spacial score (nSPS) is 13.9. The predicted octanol–water partition coefficient (Wildman–Crippen LogP) is 4.63. The Bertz CT molecular complexity index is 1090. The number of imide groups is 1. The molecule has 2 aromatic carbocycles. The molecule has 0 saturated carbocycles. The molecule has 2 amide bonds. The van der Waals surface area contributed by atoms with Crippen molar-refractivity contribution in [3.05, 3.63) is 82.7 Å². The lowest BCUT2D eigenvalue weighted by Crippen LogP contribution is -2.35. The first kappa shape index (κ1) is 19.9. The Kier molecular flexibility index (Phi) is 5.42. The summed E-state index contributed by atoms with van der Waals surface area (Å²) in [4.78, 5) is 33.1. The summed E-state index contributed by atoms with van der Waals surface area (Å²) in [7, 11) is 3.91. The van der Waals surface area contributed by atoms with Crippen LogP contribution in [-0.4, -0.2) is 32.5 Å². The second kappa shape index (κ2) is 8.16. The van der Waals surface area contributed by atoms with Gasteiger partial charge in [-0.1, -0.05) is 24.3 Å². The van der Waals surface area contributed by atoms with Gasteiger partial charge in [-0.15, -0.1) is 11.3 Å². The van der Waals surface area contributed by atoms with Gasteiger partial charge < -0.3 is 9.80 Å². The number of likely N-dealkylation sites (N-methyl/N-ethyl adjacent to an activating group) is 1. The fraction of sp³-hybridized carbons (Fsp3) is 0.167. The molecule has 5 nitrogen and oxygen atoms in total. The Hall–Kier alpha value is -3.38. The molecule has 0 aliphatic carbocycles. The van der Waals surface area contributed by atoms with Gasteiger partial charge in [0, 0.05) is 36.9 Å². The van der Waals surface area contributed by atoms with Gasteiger partial charge in [0.05, 0.1) is 11.3 Å². The molecule has 0 bridgehead atoms. The molecule has 0 fully saturated rings. The molecule has 0 radical (unpaired) electrons. The van der Waals surface area contributed by atoms with Gasteiger partial charge in [-0.25, -0.2) is 4.90 Å². The molecule has 0 N–H and O–H groups in total. The first-order valence-corrected chi connectivity index (χ1v) is 10.7. The van der Waals surface area contributed by atoms with Crippen molar-refractivity contribution >= 4 is 45.8 Å². The zero-order valence-electron chi connectivity index (χ0n) is 17.2. The van der Waals surface area contributed by atoms with Crippen LogP contribution in [-0.2, 0) is 9.59 Å². The number of benzene rings is 2. The summed E-state index contributed by atoms with van der Waals surface area (Å²) in [5, 5.41) is 1.92. The van der Waals surface area contributed by atoms with Crippen LogP contribution in [0.1, 0.15) is 11.8 Å². The fourth-order valence-electron chi connectivity index (χ4n) is 3.62. The third-order valence-electron chi connectivity index (χ3n) is 5.11. The number of rotatable bonds is 6. The van der Waals surface area contributed by atoms with Crippen molar-refractivity contribution in [2.75, 3.05) is 35.3 Å². The Labute approximate surface area is 180 Å². The Morgan fingerprint density at radius 1 is 0.833 bits per heavy atom. The molecule has 30 heavy (non-hydrogen) atoms. The van der Waals surface area contributed by atoms with E-state index in [0.717, 1.165) is 16.3 Å². The van der Waals surface area contributed by atoms with Crippen LogP contribution in [0.2, 0.25) is 0 Å². The largest absolute Gasteiger partial charge is 0.378 e. The minimum Gasteiger partial charge on any atom is -0.378 e. The minimum absolute atomic E-state index is 0.288. The Morgan fingerprint density at radius 3 is 2.10 bits per heavy atom. The summed E-state index contributed by atoms with van der Waals surface area (Å²) in [6, 6.07) is 21.0. The van der Waals surface area contributed by atoms with Crippen molar-refractivity contribution in [3.63, 3.8) is 0 Å². The Morgan fingerprint density at radius 2 is 1.53 bits per heavy atom. The second-order valence-corrected chi connectivity index (χ2v) is 8.08. The van der Waals surface area contributed by atoms with Crippen LogP contribution >= 0.6 is 11.3 Å². The number of anilines is 3. The van der Waals surface area contributed by atoms with E-state index in [9.17, 15) is 9.59 Å². The number of thiophene rings is 1. The lowest BCUT2D eigenvalue weighted by atomic mass is 10.1. The number of carbonyl (C=O) groups excluding carboxylic acids is 2. The first-order valence-electron chi connectivity index (χ1n) is 9.79. The number of para-hydroxylation sites is 1. The van der Waals surface area contributed by atoms with Crippen LogP contribution in [0.4, 0.5) is 17.1 Å². The van der Waals surface area contributed by atoms with Crippen molar-refractivity contribution in [1.29, 1.82) is 0 Å². The zero-order chi connectivity index (χ0) is 21.3. The number of hydrogen-bond acceptors (Lipinski definition) is 5. The molecular formula is C24H23N3O2S. The van der Waals surface area contributed by atoms with E-state index >= 15 is 0 Å². The summed E-state index contributed by atoms with van der Waals surface area (Å²) >= 11 is 1.47. The van der Waals surface area contributed by atoms with E-state index in [2.05, 4.69) is 0 Å². The minimum atomic E-state index is -0.299. The summed E-state index contributed by atoms with van der Waals surface area (Å²) in [5.74, 6) is -0.587. The molecule has 6 heteroatoms. The smallest absolute Gasteiger partial charge is 0.282 e. The van der Waals surface area contributed by atoms with Gasteiger partial charge in [-0.2, -0.15) is 0 Å². The highest BCUT2D eigenvalue weighted by Gasteiger charge is 2.43. The molecule has 1 aromatic heterocycles. The highest BCUT2D eigenvalue weighted by molar-refractivity contribution is 7.11. The molecular weight excluding hydrogens is 394 g/mol. The van der Waals surface area contributed by atoms with Gasteiger partial charge >= 0.3 is 0 Å². The van der Waals surface area contributed by atoms with Crippen LogP contribution in [0, 0.1) is 0 Å². The van der Waals surface area contributed by atoms with Gasteiger partial charge in [0.1, 0.15) is 5.70 Å². The molecule has 3 aromatic rings. The highest BCUT2D eigenvalue weighted by Crippen LogP contribution is 2.38. The molecule has 0 atom stereocenters. The number of amides is 2. The topological polar surface area (TPSA) is 43.9 Å². The van der Waals surface area contributed by atoms with Crippen LogP contribution in [0.25, 0.3) is 5.57 Å². The van der Waals surface area contributed by atoms with Gasteiger partial charge in [-0.05, 0) is 54.8 Å². The second-order valence-electron chi connectivity index (χ2n) is 7.14. The number of hydrogen-bond donors (Lipinski definition) is 0. The van der Waals surface area contributed by atoms with Crippen molar-refractivity contribution in [2.45, 2.75) is 6.92 Å². The predicted molar refractivity (Wildman–Crippen MR) is 124 cm³/mol. The molecule has 0 saturated heterocycles. The van der Waals surface area contributed by atoms with E-state index < -0.39 is 0 Å². The van der Waals surface area contributed by atoms with Crippen LogP contribution in [0.3, 0.4) is 0 Å². The SMILES string of the molecule is CCN(C1=C(c2cccs2)C(=O)N(c2ccc(N(C)C)cc2)C1=O)c1ccccc1. The average molecular weight is 418 g/mol. The monoisotopic (exact) mass is 417 g/mol. The maximum atomic E-state index is 13.6. The summed E-state index contributed by atoms with van der Waals surface area (Å²) < 4.78 is 0. The van der Waals surface area contributed by atoms with E-state index in [0.29, 0.717) is 23.5 Å². The molecule has 2 heterocycles. The molecule has 4 rings (SSSR count). The van der Waals surface area contributed by atoms with Gasteiger partial charge in [0.15, 0.2) is 0 Å². The maximum absolute atomic E-state index is 13.6. The quantitative estimate of drug-likeness (QED) is 0.549. The van der Waals surface area contributed by atoms with Gasteiger partial charge in [0.2, 0.25) is 0 Å². The van der Waals surface area contributed by atoms with Crippen molar-refractivity contribution < 1.29 is 9.59 Å². The first-order chi connectivity index (χ1) is 14.5. The van der Waals surface area contributed by atoms with E-state index in [1.54, 1.807) is 0 Å². The lowest BCUT2D eigenvalue weighted by Gasteiger charge is -2.25. The lowest BCUT2D eigenvalue weighted by molar-refractivity contribution is -0.120. The number of carbonyl (C=O) groups is 2. The van der Waals surface area contributed by atoms with Crippen LogP contribution in [0.15, 0.2) is 77.8 Å². The van der Waals surface area contributed by atoms with E-state index in [-0.39, 0.29) is 11.8 Å². The van der Waals surface area contributed by atoms with Gasteiger partial charge in [-0.3, -0.25) is 9.59 Å². The van der Waals surface area contributed by atoms with E-state index in [1.165, 1.54) is 16.2 Å². The highest BCUT2D eigenvalue weighted by atomic mass is 32.1. The zero-order valence-corrected chi connectivity index (χ0v) is 18.0. The van der Waals surface area contributed by atoms with Crippen molar-refractivity contribution in [2.24, 2.45) is 0 Å². The van der Waals surface area contributed by atoms with Crippen molar-refractivity contribution in [1.82, 2.24) is 0 Å². The maximum Gasteiger partial charge on any atom is 0.282 e. The molecule has 152 valence electrons. The van der Waals surface area contributed by atoms with Crippen molar-refractivity contribution in [3.8, 4) is 0 Å². The van der Waals surface area contributed by atoms with E-state index in [1.807, 2.05) is 103 Å². The number of nitrogens with zero attached hydrogens (tertiary/aromatic N) is 3. The molecule has 1 aliphatic rings. The summed E-state index contributed by atoms with van der Waals surface area (Å²) in [6.45, 7) is 2.55. The van der Waals surface area contributed by atoms with Gasteiger partial charge in [0.25, 0.3) is 11.8 Å². The summed E-state index contributed by atoms with van der Waals surface area (Å²) in [6.07, 6.45) is 0. The third kappa shape index (κ3) is 3.39. The summed E-state index contributed by atoms with van der Waals surface area (Å²) in [5.41, 5.74) is 3.34.